The molecule has 5 rings (SSSR count). The minimum atomic E-state index is -4.54. The van der Waals surface area contributed by atoms with Gasteiger partial charge in [-0.2, -0.15) is 19.4 Å². The summed E-state index contributed by atoms with van der Waals surface area (Å²) in [4.78, 5) is 38.4. The van der Waals surface area contributed by atoms with Crippen molar-refractivity contribution in [1.29, 1.82) is 0 Å². The number of benzene rings is 2. The Morgan fingerprint density at radius 2 is 1.75 bits per heavy atom. The summed E-state index contributed by atoms with van der Waals surface area (Å²) in [7, 11) is -4.54. The molecule has 0 aliphatic carbocycles. The van der Waals surface area contributed by atoms with Crippen LogP contribution in [0, 0.1) is 18.4 Å². The number of halogens is 1. The van der Waals surface area contributed by atoms with Crippen LogP contribution in [0.25, 0.3) is 11.2 Å². The third kappa shape index (κ3) is 11.4. The number of hydrogen-bond acceptors (Lipinski definition) is 12. The van der Waals surface area contributed by atoms with Crippen LogP contribution in [0.5, 0.6) is 5.75 Å². The van der Waals surface area contributed by atoms with Crippen molar-refractivity contribution < 1.29 is 41.8 Å². The number of rotatable bonds is 21. The number of anilines is 1. The predicted molar refractivity (Wildman–Crippen MR) is 207 cm³/mol. The second kappa shape index (κ2) is 19.8. The van der Waals surface area contributed by atoms with Crippen LogP contribution in [0.3, 0.4) is 0 Å². The third-order valence-electron chi connectivity index (χ3n) is 9.17. The maximum absolute atomic E-state index is 14.9. The number of imidazole rings is 1. The van der Waals surface area contributed by atoms with E-state index in [1.54, 1.807) is 44.2 Å². The summed E-state index contributed by atoms with van der Waals surface area (Å²) in [6, 6.07) is 16.1. The first kappa shape index (κ1) is 42.3. The minimum absolute atomic E-state index is 0.0223. The number of ether oxygens (including phenoxy) is 3. The van der Waals surface area contributed by atoms with Gasteiger partial charge in [0.05, 0.1) is 12.4 Å². The quantitative estimate of drug-likeness (QED) is 0.0284. The zero-order valence-corrected chi connectivity index (χ0v) is 32.9. The number of fused-ring (bicyclic) bond motifs is 1. The number of nitrogens with one attached hydrogen (secondary N) is 1. The van der Waals surface area contributed by atoms with E-state index < -0.39 is 62.4 Å². The van der Waals surface area contributed by atoms with Gasteiger partial charge in [-0.05, 0) is 44.4 Å². The normalized spacial score (nSPS) is 19.6. The van der Waals surface area contributed by atoms with Gasteiger partial charge in [-0.3, -0.25) is 18.7 Å². The predicted octanol–water partition coefficient (Wildman–Crippen LogP) is 7.25. The third-order valence-corrected chi connectivity index (χ3v) is 10.7. The number of nitrogens with two attached hydrogens (primary N) is 1. The van der Waals surface area contributed by atoms with E-state index in [0.29, 0.717) is 6.42 Å². The maximum atomic E-state index is 14.9. The molecule has 3 heterocycles. The lowest BCUT2D eigenvalue weighted by molar-refractivity contribution is -0.158. The Morgan fingerprint density at radius 1 is 1.07 bits per heavy atom. The molecule has 56 heavy (non-hydrogen) atoms. The Bertz CT molecular complexity index is 2000. The van der Waals surface area contributed by atoms with Gasteiger partial charge in [0.2, 0.25) is 0 Å². The number of nitrogen functional groups attached to an aromatic ring is 1. The molecule has 2 aromatic heterocycles. The summed E-state index contributed by atoms with van der Waals surface area (Å²) in [5, 5.41) is 2.80. The van der Waals surface area contributed by atoms with E-state index in [2.05, 4.69) is 32.9 Å². The van der Waals surface area contributed by atoms with Crippen molar-refractivity contribution in [3.8, 4) is 18.1 Å². The number of terminal acetylenes is 1. The highest BCUT2D eigenvalue weighted by Crippen LogP contribution is 2.49. The summed E-state index contributed by atoms with van der Waals surface area (Å²) in [5.41, 5.74) is 4.95. The van der Waals surface area contributed by atoms with Crippen molar-refractivity contribution >= 4 is 36.7 Å². The number of carbonyl (C=O) groups excluding carboxylic acids is 2. The van der Waals surface area contributed by atoms with E-state index >= 15 is 0 Å². The molecule has 1 aliphatic rings. The van der Waals surface area contributed by atoms with Crippen molar-refractivity contribution in [2.45, 2.75) is 115 Å². The Balaban J connectivity index is 1.43. The molecular weight excluding hydrogens is 742 g/mol. The Labute approximate surface area is 326 Å². The molecule has 0 saturated carbocycles. The van der Waals surface area contributed by atoms with Crippen LogP contribution in [0.2, 0.25) is 0 Å². The van der Waals surface area contributed by atoms with Gasteiger partial charge in [0.15, 0.2) is 22.6 Å². The van der Waals surface area contributed by atoms with Crippen LogP contribution in [-0.4, -0.2) is 61.9 Å². The lowest BCUT2D eigenvalue weighted by Gasteiger charge is -2.31. The molecule has 1 saturated heterocycles. The molecule has 2 aromatic carbocycles. The lowest BCUT2D eigenvalue weighted by atomic mass is 9.98. The first-order valence-electron chi connectivity index (χ1n) is 19.0. The second-order valence-corrected chi connectivity index (χ2v) is 15.6. The topological polar surface area (TPSA) is 179 Å². The molecule has 300 valence electrons. The SMILES string of the molecule is C#C[C@]1(CO[P@@](=O)(N[C@@H](Cc2ccccc2)C(=O)OC(C)C)Oc2ccccc2)O[C@@H](n2cnc3c(N)nc(F)nc32)C[C@@H]1OC(=O)CCCCCCCCC. The molecule has 14 nitrogen and oxygen atoms in total. The largest absolute Gasteiger partial charge is 0.462 e. The fourth-order valence-electron chi connectivity index (χ4n) is 6.34. The van der Waals surface area contributed by atoms with Gasteiger partial charge in [0.1, 0.15) is 30.7 Å². The second-order valence-electron chi connectivity index (χ2n) is 13.9. The number of aromatic nitrogens is 4. The van der Waals surface area contributed by atoms with Crippen molar-refractivity contribution in [2.75, 3.05) is 12.3 Å². The number of hydrogen-bond donors (Lipinski definition) is 2. The highest BCUT2D eigenvalue weighted by atomic mass is 31.2. The summed E-state index contributed by atoms with van der Waals surface area (Å²) < 4.78 is 60.7. The molecule has 0 amide bonds. The Hall–Kier alpha value is -4.87. The number of esters is 2. The molecule has 3 N–H and O–H groups in total. The van der Waals surface area contributed by atoms with Crippen molar-refractivity contribution in [3.05, 3.63) is 78.6 Å². The van der Waals surface area contributed by atoms with Gasteiger partial charge in [-0.1, -0.05) is 99.9 Å². The molecule has 0 unspecified atom stereocenters. The summed E-state index contributed by atoms with van der Waals surface area (Å²) >= 11 is 0. The van der Waals surface area contributed by atoms with Gasteiger partial charge in [0.25, 0.3) is 0 Å². The number of unbranched alkanes of at least 4 members (excludes halogenated alkanes) is 6. The Kier molecular flexibility index (Phi) is 15.0. The highest BCUT2D eigenvalue weighted by Gasteiger charge is 2.53. The molecule has 1 fully saturated rings. The number of para-hydroxylation sites is 1. The average molecular weight is 793 g/mol. The Morgan fingerprint density at radius 3 is 2.43 bits per heavy atom. The first-order valence-corrected chi connectivity index (χ1v) is 20.5. The van der Waals surface area contributed by atoms with E-state index in [-0.39, 0.29) is 42.0 Å². The zero-order valence-electron chi connectivity index (χ0n) is 32.0. The molecule has 0 spiro atoms. The van der Waals surface area contributed by atoms with Crippen LogP contribution in [0.15, 0.2) is 67.0 Å². The number of nitrogens with zero attached hydrogens (tertiary/aromatic N) is 4. The molecule has 0 bridgehead atoms. The summed E-state index contributed by atoms with van der Waals surface area (Å²) in [5.74, 6) is 1.37. The maximum Gasteiger partial charge on any atom is 0.459 e. The number of carbonyl (C=O) groups is 2. The zero-order chi connectivity index (χ0) is 40.1. The van der Waals surface area contributed by atoms with Crippen molar-refractivity contribution in [1.82, 2.24) is 24.6 Å². The molecule has 4 aromatic rings. The van der Waals surface area contributed by atoms with Crippen LogP contribution < -0.4 is 15.3 Å². The van der Waals surface area contributed by atoms with E-state index in [1.807, 2.05) is 30.3 Å². The summed E-state index contributed by atoms with van der Waals surface area (Å²) in [6.07, 6.45) is 11.0. The lowest BCUT2D eigenvalue weighted by Crippen LogP contribution is -2.46. The minimum Gasteiger partial charge on any atom is -0.462 e. The first-order chi connectivity index (χ1) is 26.9. The summed E-state index contributed by atoms with van der Waals surface area (Å²) in [6.45, 7) is 4.92. The molecule has 1 aliphatic heterocycles. The van der Waals surface area contributed by atoms with Crippen molar-refractivity contribution in [3.63, 3.8) is 0 Å². The van der Waals surface area contributed by atoms with Gasteiger partial charge in [-0.25, -0.2) is 9.55 Å². The van der Waals surface area contributed by atoms with Gasteiger partial charge < -0.3 is 24.5 Å². The van der Waals surface area contributed by atoms with E-state index in [1.165, 1.54) is 17.3 Å². The van der Waals surface area contributed by atoms with Crippen LogP contribution in [-0.2, 0) is 39.3 Å². The van der Waals surface area contributed by atoms with E-state index in [0.717, 1.165) is 37.7 Å². The molecule has 16 heteroatoms. The van der Waals surface area contributed by atoms with Gasteiger partial charge >= 0.3 is 25.8 Å². The van der Waals surface area contributed by atoms with E-state index in [9.17, 15) is 18.5 Å². The standard InChI is InChI=1S/C40H50FN6O8P/c1-5-7-8-9-10-11-18-23-34(48)53-32-25-33(47-27-43-35-36(42)44-39(41)45-37(35)47)54-40(32,6-2)26-51-56(50,55-30-21-16-13-17-22-30)46-31(38(49)52-28(3)4)24-29-19-14-12-15-20-29/h2,12-17,19-22,27-28,31-33H,5,7-11,18,23-26H2,1,3-4H3,(H,46,50)(H2,42,44,45)/t31-,32-,33+,40+,56-/m0/s1. The molecule has 5 atom stereocenters. The fraction of sp³-hybridized carbons (Fsp3) is 0.475. The monoisotopic (exact) mass is 792 g/mol. The van der Waals surface area contributed by atoms with Gasteiger partial charge in [-0.15, -0.1) is 6.42 Å². The fourth-order valence-corrected chi connectivity index (χ4v) is 7.86. The van der Waals surface area contributed by atoms with Crippen LogP contribution in [0.4, 0.5) is 10.2 Å². The molecule has 0 radical (unpaired) electrons. The molecular formula is C40H50FN6O8P. The smallest absolute Gasteiger partial charge is 0.459 e. The van der Waals surface area contributed by atoms with E-state index in [4.69, 9.17) is 35.4 Å². The highest BCUT2D eigenvalue weighted by molar-refractivity contribution is 7.52. The van der Waals surface area contributed by atoms with Crippen LogP contribution in [0.1, 0.15) is 90.3 Å². The van der Waals surface area contributed by atoms with Crippen LogP contribution >= 0.6 is 7.75 Å². The van der Waals surface area contributed by atoms with Gasteiger partial charge in [0, 0.05) is 12.8 Å². The average Bonchev–Trinajstić information content (AvgIpc) is 3.75. The van der Waals surface area contributed by atoms with Crippen molar-refractivity contribution in [2.24, 2.45) is 0 Å².